The van der Waals surface area contributed by atoms with E-state index in [1.54, 1.807) is 0 Å². The van der Waals surface area contributed by atoms with Crippen LogP contribution in [-0.4, -0.2) is 5.11 Å². The summed E-state index contributed by atoms with van der Waals surface area (Å²) in [6.07, 6.45) is 2.35. The second-order valence-electron chi connectivity index (χ2n) is 4.24. The quantitative estimate of drug-likeness (QED) is 0.729. The molecular weight excluding hydrogens is 219 g/mol. The number of benzene rings is 1. The zero-order valence-corrected chi connectivity index (χ0v) is 8.56. The van der Waals surface area contributed by atoms with Gasteiger partial charge in [0.25, 0.3) is 0 Å². The van der Waals surface area contributed by atoms with Gasteiger partial charge in [0.15, 0.2) is 23.2 Å². The first-order valence-corrected chi connectivity index (χ1v) is 5.11. The molecule has 16 heavy (non-hydrogen) atoms. The first kappa shape index (κ1) is 11.3. The Balaban J connectivity index is 2.63. The summed E-state index contributed by atoms with van der Waals surface area (Å²) in [7, 11) is 0. The fourth-order valence-corrected chi connectivity index (χ4v) is 2.30. The summed E-state index contributed by atoms with van der Waals surface area (Å²) in [4.78, 5) is 0. The smallest absolute Gasteiger partial charge is 0.168 e. The van der Waals surface area contributed by atoms with Crippen LogP contribution < -0.4 is 5.73 Å². The van der Waals surface area contributed by atoms with Gasteiger partial charge in [0, 0.05) is 11.6 Å². The molecule has 1 aromatic carbocycles. The van der Waals surface area contributed by atoms with Gasteiger partial charge in [-0.15, -0.1) is 0 Å². The van der Waals surface area contributed by atoms with E-state index in [4.69, 9.17) is 5.73 Å². The Labute approximate surface area is 90.9 Å². The van der Waals surface area contributed by atoms with Crippen molar-refractivity contribution in [3.8, 4) is 5.75 Å². The Bertz CT molecular complexity index is 401. The Morgan fingerprint density at radius 2 is 1.69 bits per heavy atom. The molecule has 1 fully saturated rings. The number of phenols is 1. The van der Waals surface area contributed by atoms with E-state index in [-0.39, 0.29) is 0 Å². The first-order valence-electron chi connectivity index (χ1n) is 5.11. The zero-order chi connectivity index (χ0) is 11.9. The largest absolute Gasteiger partial charge is 0.505 e. The van der Waals surface area contributed by atoms with E-state index in [0.29, 0.717) is 18.9 Å². The lowest BCUT2D eigenvalue weighted by atomic mass is 9.88. The SMILES string of the molecule is NC1(c2c(O)c(F)cc(F)c2F)CCCC1. The molecule has 2 rings (SSSR count). The van der Waals surface area contributed by atoms with Crippen molar-refractivity contribution in [3.05, 3.63) is 29.1 Å². The Morgan fingerprint density at radius 1 is 1.12 bits per heavy atom. The van der Waals surface area contributed by atoms with Gasteiger partial charge < -0.3 is 10.8 Å². The zero-order valence-electron chi connectivity index (χ0n) is 8.56. The molecule has 1 aliphatic carbocycles. The van der Waals surface area contributed by atoms with E-state index < -0.39 is 34.3 Å². The summed E-state index contributed by atoms with van der Waals surface area (Å²) in [6, 6.07) is 0.326. The van der Waals surface area contributed by atoms with Crippen molar-refractivity contribution in [3.63, 3.8) is 0 Å². The van der Waals surface area contributed by atoms with Crippen LogP contribution in [0.4, 0.5) is 13.2 Å². The molecule has 5 heteroatoms. The van der Waals surface area contributed by atoms with Crippen molar-refractivity contribution in [1.82, 2.24) is 0 Å². The van der Waals surface area contributed by atoms with Crippen LogP contribution in [0.15, 0.2) is 6.07 Å². The molecule has 1 aliphatic rings. The van der Waals surface area contributed by atoms with Crippen LogP contribution >= 0.6 is 0 Å². The average molecular weight is 231 g/mol. The standard InChI is InChI=1S/C11H12F3NO/c12-6-5-7(13)10(16)8(9(6)14)11(15)3-1-2-4-11/h5,16H,1-4,15H2. The van der Waals surface area contributed by atoms with Crippen LogP contribution in [0.2, 0.25) is 0 Å². The summed E-state index contributed by atoms with van der Waals surface area (Å²) < 4.78 is 39.8. The van der Waals surface area contributed by atoms with Crippen molar-refractivity contribution < 1.29 is 18.3 Å². The number of aromatic hydroxyl groups is 1. The monoisotopic (exact) mass is 231 g/mol. The van der Waals surface area contributed by atoms with Gasteiger partial charge in [0.1, 0.15) is 0 Å². The molecule has 88 valence electrons. The lowest BCUT2D eigenvalue weighted by molar-refractivity contribution is 0.354. The highest BCUT2D eigenvalue weighted by Crippen LogP contribution is 2.43. The summed E-state index contributed by atoms with van der Waals surface area (Å²) >= 11 is 0. The molecule has 0 amide bonds. The van der Waals surface area contributed by atoms with Crippen LogP contribution in [0.5, 0.6) is 5.75 Å². The predicted molar refractivity (Wildman–Crippen MR) is 52.3 cm³/mol. The highest BCUT2D eigenvalue weighted by Gasteiger charge is 2.38. The maximum absolute atomic E-state index is 13.6. The summed E-state index contributed by atoms with van der Waals surface area (Å²) in [5.41, 5.74) is 4.30. The minimum Gasteiger partial charge on any atom is -0.505 e. The Hall–Kier alpha value is -1.23. The molecule has 0 bridgehead atoms. The molecular formula is C11H12F3NO. The van der Waals surface area contributed by atoms with Crippen LogP contribution in [-0.2, 0) is 5.54 Å². The minimum absolute atomic E-state index is 0.326. The highest BCUT2D eigenvalue weighted by molar-refractivity contribution is 5.41. The lowest BCUT2D eigenvalue weighted by Gasteiger charge is -2.25. The second-order valence-corrected chi connectivity index (χ2v) is 4.24. The van der Waals surface area contributed by atoms with E-state index >= 15 is 0 Å². The molecule has 1 aromatic rings. The third-order valence-electron chi connectivity index (χ3n) is 3.14. The van der Waals surface area contributed by atoms with Gasteiger partial charge in [-0.05, 0) is 12.8 Å². The van der Waals surface area contributed by atoms with E-state index in [9.17, 15) is 18.3 Å². The topological polar surface area (TPSA) is 46.2 Å². The first-order chi connectivity index (χ1) is 7.46. The van der Waals surface area contributed by atoms with Crippen LogP contribution in [0.25, 0.3) is 0 Å². The fourth-order valence-electron chi connectivity index (χ4n) is 2.30. The van der Waals surface area contributed by atoms with Crippen molar-refractivity contribution >= 4 is 0 Å². The number of nitrogens with two attached hydrogens (primary N) is 1. The summed E-state index contributed by atoms with van der Waals surface area (Å²) in [5, 5.41) is 9.47. The van der Waals surface area contributed by atoms with Crippen molar-refractivity contribution in [2.45, 2.75) is 31.2 Å². The molecule has 0 atom stereocenters. The summed E-state index contributed by atoms with van der Waals surface area (Å²) in [6.45, 7) is 0. The highest BCUT2D eigenvalue weighted by atomic mass is 19.2. The fraction of sp³-hybridized carbons (Fsp3) is 0.455. The van der Waals surface area contributed by atoms with Crippen molar-refractivity contribution in [2.24, 2.45) is 5.73 Å². The number of hydrogen-bond acceptors (Lipinski definition) is 2. The molecule has 0 saturated heterocycles. The van der Waals surface area contributed by atoms with Gasteiger partial charge in [-0.2, -0.15) is 0 Å². The Kier molecular flexibility index (Phi) is 2.58. The van der Waals surface area contributed by atoms with Gasteiger partial charge >= 0.3 is 0 Å². The molecule has 0 spiro atoms. The van der Waals surface area contributed by atoms with Crippen LogP contribution in [0, 0.1) is 17.5 Å². The number of rotatable bonds is 1. The lowest BCUT2D eigenvalue weighted by Crippen LogP contribution is -2.34. The minimum atomic E-state index is -1.32. The van der Waals surface area contributed by atoms with E-state index in [1.807, 2.05) is 0 Å². The normalized spacial score (nSPS) is 19.0. The maximum Gasteiger partial charge on any atom is 0.168 e. The van der Waals surface area contributed by atoms with Crippen LogP contribution in [0.3, 0.4) is 0 Å². The molecule has 1 saturated carbocycles. The number of hydrogen-bond donors (Lipinski definition) is 2. The molecule has 2 nitrogen and oxygen atoms in total. The van der Waals surface area contributed by atoms with Gasteiger partial charge in [0.05, 0.1) is 5.56 Å². The second kappa shape index (κ2) is 3.66. The average Bonchev–Trinajstić information content (AvgIpc) is 2.63. The van der Waals surface area contributed by atoms with E-state index in [2.05, 4.69) is 0 Å². The van der Waals surface area contributed by atoms with Gasteiger partial charge in [-0.25, -0.2) is 13.2 Å². The molecule has 0 aromatic heterocycles. The maximum atomic E-state index is 13.6. The third kappa shape index (κ3) is 1.55. The molecule has 0 unspecified atom stereocenters. The van der Waals surface area contributed by atoms with E-state index in [1.165, 1.54) is 0 Å². The molecule has 3 N–H and O–H groups in total. The van der Waals surface area contributed by atoms with Gasteiger partial charge in [0.2, 0.25) is 0 Å². The molecule has 0 radical (unpaired) electrons. The number of halogens is 3. The van der Waals surface area contributed by atoms with Crippen LogP contribution in [0.1, 0.15) is 31.2 Å². The van der Waals surface area contributed by atoms with Crippen molar-refractivity contribution in [2.75, 3.05) is 0 Å². The van der Waals surface area contributed by atoms with Crippen molar-refractivity contribution in [1.29, 1.82) is 0 Å². The Morgan fingerprint density at radius 3 is 2.25 bits per heavy atom. The molecule has 0 heterocycles. The third-order valence-corrected chi connectivity index (χ3v) is 3.14. The van der Waals surface area contributed by atoms with E-state index in [0.717, 1.165) is 12.8 Å². The van der Waals surface area contributed by atoms with Gasteiger partial charge in [-0.1, -0.05) is 12.8 Å². The number of phenolic OH excluding ortho intramolecular Hbond substituents is 1. The predicted octanol–water partition coefficient (Wildman–Crippen LogP) is 2.54. The summed E-state index contributed by atoms with van der Waals surface area (Å²) in [5.74, 6) is -4.61. The molecule has 0 aliphatic heterocycles. The van der Waals surface area contributed by atoms with Gasteiger partial charge in [-0.3, -0.25) is 0 Å².